The number of ether oxygens (including phenoxy) is 4. The molecule has 3 aromatic carbocycles. The molecule has 218 valence electrons. The summed E-state index contributed by atoms with van der Waals surface area (Å²) in [6.45, 7) is 0.00375. The highest BCUT2D eigenvalue weighted by molar-refractivity contribution is 8.25. The van der Waals surface area contributed by atoms with E-state index in [1.807, 2.05) is 78.9 Å². The summed E-state index contributed by atoms with van der Waals surface area (Å²) in [5.74, 6) is 1.49. The van der Waals surface area contributed by atoms with Crippen LogP contribution in [0.25, 0.3) is 0 Å². The summed E-state index contributed by atoms with van der Waals surface area (Å²) in [6.07, 6.45) is -0.462. The van der Waals surface area contributed by atoms with E-state index in [1.54, 1.807) is 14.2 Å². The van der Waals surface area contributed by atoms with Crippen molar-refractivity contribution in [2.24, 2.45) is 0 Å². The lowest BCUT2D eigenvalue weighted by atomic mass is 9.80. The molecule has 2 heterocycles. The van der Waals surface area contributed by atoms with Crippen LogP contribution in [0.5, 0.6) is 11.5 Å². The van der Waals surface area contributed by atoms with Crippen molar-refractivity contribution in [3.63, 3.8) is 0 Å². The van der Waals surface area contributed by atoms with Crippen molar-refractivity contribution in [3.05, 3.63) is 118 Å². The molecule has 4 aromatic rings. The van der Waals surface area contributed by atoms with Crippen molar-refractivity contribution in [1.29, 1.82) is 0 Å². The van der Waals surface area contributed by atoms with Gasteiger partial charge in [-0.25, -0.2) is 4.79 Å². The van der Waals surface area contributed by atoms with Crippen LogP contribution >= 0.6 is 7.23 Å². The van der Waals surface area contributed by atoms with Gasteiger partial charge in [-0.15, -0.1) is 0 Å². The van der Waals surface area contributed by atoms with Gasteiger partial charge >= 0.3 is 12.9 Å². The standard InChI is InChI=1S/C30H30N3O7PS/c1-36-23-12-8-21(9-13-23)30(20-6-4-3-5-7-20,22-10-14-24(37-2)15-11-22)38-19-26-25(40-41(35)42)18-28(39-26)33-17-16-27(31)32-29(33)34/h3-17,25-26,28H,18-19H2,1-2H3,(H2,31,32,34)/t25-,26+,28+/m0/s1. The summed E-state index contributed by atoms with van der Waals surface area (Å²) < 4.78 is 43.0. The van der Waals surface area contributed by atoms with Gasteiger partial charge in [0.25, 0.3) is 0 Å². The molecule has 1 aliphatic heterocycles. The Morgan fingerprint density at radius 2 is 1.52 bits per heavy atom. The minimum Gasteiger partial charge on any atom is -0.497 e. The summed E-state index contributed by atoms with van der Waals surface area (Å²) in [5, 5.41) is 0. The van der Waals surface area contributed by atoms with Crippen molar-refractivity contribution in [1.82, 2.24) is 9.55 Å². The second kappa shape index (κ2) is 13.1. The van der Waals surface area contributed by atoms with Gasteiger partial charge in [-0.05, 0) is 47.0 Å². The van der Waals surface area contributed by atoms with Gasteiger partial charge in [0.15, 0.2) is 0 Å². The van der Waals surface area contributed by atoms with E-state index in [-0.39, 0.29) is 18.8 Å². The first kappa shape index (κ1) is 29.8. The van der Waals surface area contributed by atoms with Gasteiger partial charge in [0.2, 0.25) is 0 Å². The fourth-order valence-electron chi connectivity index (χ4n) is 5.17. The summed E-state index contributed by atoms with van der Waals surface area (Å²) in [6, 6.07) is 26.6. The average Bonchev–Trinajstić information content (AvgIpc) is 3.40. The first-order valence-electron chi connectivity index (χ1n) is 13.1. The maximum Gasteiger partial charge on any atom is 0.372 e. The number of nitrogens with two attached hydrogens (primary N) is 1. The van der Waals surface area contributed by atoms with E-state index < -0.39 is 37.0 Å². The minimum atomic E-state index is -2.37. The molecule has 0 aliphatic carbocycles. The molecule has 0 bridgehead atoms. The molecule has 0 spiro atoms. The highest BCUT2D eigenvalue weighted by atomic mass is 32.7. The van der Waals surface area contributed by atoms with Crippen LogP contribution in [0.2, 0.25) is 0 Å². The molecule has 2 N–H and O–H groups in total. The number of nitrogen functional groups attached to an aromatic ring is 1. The quantitative estimate of drug-likeness (QED) is 0.145. The van der Waals surface area contributed by atoms with E-state index in [2.05, 4.69) is 4.98 Å². The van der Waals surface area contributed by atoms with E-state index in [0.29, 0.717) is 11.5 Å². The Balaban J connectivity index is 1.57. The predicted molar refractivity (Wildman–Crippen MR) is 160 cm³/mol. The van der Waals surface area contributed by atoms with Crippen molar-refractivity contribution in [2.45, 2.75) is 30.5 Å². The Labute approximate surface area is 249 Å². The topological polar surface area (TPSA) is 124 Å². The third-order valence-electron chi connectivity index (χ3n) is 7.20. The third kappa shape index (κ3) is 6.21. The minimum absolute atomic E-state index is 0.00375. The Morgan fingerprint density at radius 3 is 2.05 bits per heavy atom. The van der Waals surface area contributed by atoms with E-state index in [9.17, 15) is 9.36 Å². The van der Waals surface area contributed by atoms with Crippen molar-refractivity contribution >= 4 is 25.3 Å². The van der Waals surface area contributed by atoms with Crippen LogP contribution in [0, 0.1) is 0 Å². The Morgan fingerprint density at radius 1 is 0.952 bits per heavy atom. The molecule has 12 heteroatoms. The summed E-state index contributed by atoms with van der Waals surface area (Å²) in [4.78, 5) is 16.4. The van der Waals surface area contributed by atoms with Gasteiger partial charge in [-0.3, -0.25) is 4.57 Å². The number of benzene rings is 3. The average molecular weight is 608 g/mol. The highest BCUT2D eigenvalue weighted by Gasteiger charge is 2.44. The molecule has 1 fully saturated rings. The van der Waals surface area contributed by atoms with E-state index in [4.69, 9.17) is 41.5 Å². The lowest BCUT2D eigenvalue weighted by molar-refractivity contribution is -0.0908. The molecular weight excluding hydrogens is 577 g/mol. The first-order chi connectivity index (χ1) is 20.3. The van der Waals surface area contributed by atoms with Crippen LogP contribution in [-0.4, -0.2) is 42.6 Å². The van der Waals surface area contributed by atoms with Gasteiger partial charge < -0.3 is 36.9 Å². The summed E-state index contributed by atoms with van der Waals surface area (Å²) in [5.41, 5.74) is 6.51. The number of nitrogens with zero attached hydrogens (tertiary/aromatic N) is 2. The number of hydrogen-bond donors (Lipinski definition) is 1. The Kier molecular flexibility index (Phi) is 9.25. The van der Waals surface area contributed by atoms with Crippen LogP contribution in [0.15, 0.2) is 95.9 Å². The number of methoxy groups -OCH3 is 2. The normalized spacial score (nSPS) is 18.9. The van der Waals surface area contributed by atoms with Crippen LogP contribution in [0.3, 0.4) is 0 Å². The van der Waals surface area contributed by atoms with Crippen LogP contribution in [0.4, 0.5) is 5.82 Å². The smallest absolute Gasteiger partial charge is 0.372 e. The van der Waals surface area contributed by atoms with Gasteiger partial charge in [0, 0.05) is 12.6 Å². The molecule has 4 atom stereocenters. The maximum atomic E-state index is 12.6. The number of aromatic nitrogens is 2. The van der Waals surface area contributed by atoms with E-state index in [1.165, 1.54) is 16.8 Å². The fraction of sp³-hybridized carbons (Fsp3) is 0.267. The van der Waals surface area contributed by atoms with Gasteiger partial charge in [0.05, 0.1) is 20.8 Å². The maximum absolute atomic E-state index is 12.6. The molecule has 1 unspecified atom stereocenters. The Hall–Kier alpha value is -3.73. The zero-order chi connectivity index (χ0) is 29.7. The predicted octanol–water partition coefficient (Wildman–Crippen LogP) is 4.73. The van der Waals surface area contributed by atoms with E-state index >= 15 is 0 Å². The van der Waals surface area contributed by atoms with Gasteiger partial charge in [-0.1, -0.05) is 59.2 Å². The zero-order valence-corrected chi connectivity index (χ0v) is 24.7. The van der Waals surface area contributed by atoms with Crippen LogP contribution < -0.4 is 20.9 Å². The lowest BCUT2D eigenvalue weighted by Gasteiger charge is -2.37. The zero-order valence-electron chi connectivity index (χ0n) is 23.0. The summed E-state index contributed by atoms with van der Waals surface area (Å²) in [7, 11) is 0.847. The van der Waals surface area contributed by atoms with Crippen molar-refractivity contribution in [3.8, 4) is 11.5 Å². The Bertz CT molecular complexity index is 1520. The van der Waals surface area contributed by atoms with Gasteiger partial charge in [0.1, 0.15) is 41.4 Å². The number of hydrogen-bond acceptors (Lipinski definition) is 10. The second-order valence-electron chi connectivity index (χ2n) is 9.59. The molecule has 1 aromatic heterocycles. The van der Waals surface area contributed by atoms with Crippen molar-refractivity contribution in [2.75, 3.05) is 26.6 Å². The largest absolute Gasteiger partial charge is 0.497 e. The first-order valence-corrected chi connectivity index (χ1v) is 15.3. The monoisotopic (exact) mass is 607 g/mol. The number of anilines is 1. The highest BCUT2D eigenvalue weighted by Crippen LogP contribution is 2.43. The molecule has 0 radical (unpaired) electrons. The molecule has 1 saturated heterocycles. The molecule has 10 nitrogen and oxygen atoms in total. The molecule has 42 heavy (non-hydrogen) atoms. The summed E-state index contributed by atoms with van der Waals surface area (Å²) >= 11 is 4.87. The molecule has 5 rings (SSSR count). The molecular formula is C30H30N3O7PS. The van der Waals surface area contributed by atoms with Crippen LogP contribution in [0.1, 0.15) is 29.3 Å². The molecule has 1 aliphatic rings. The second-order valence-corrected chi connectivity index (χ2v) is 11.1. The van der Waals surface area contributed by atoms with Gasteiger partial charge in [-0.2, -0.15) is 9.51 Å². The SMILES string of the molecule is COc1ccc(C(OC[C@H]2O[C@@H](n3ccc(N)nc3=O)C[C@@H]2O[P+](=O)[S-])(c2ccccc2)c2ccc(OC)cc2)cc1. The van der Waals surface area contributed by atoms with E-state index in [0.717, 1.165) is 16.7 Å². The van der Waals surface area contributed by atoms with Crippen molar-refractivity contribution < 1.29 is 28.0 Å². The molecule has 0 amide bonds. The lowest BCUT2D eigenvalue weighted by Crippen LogP contribution is -2.38. The number of rotatable bonds is 11. The van der Waals surface area contributed by atoms with Crippen LogP contribution in [-0.2, 0) is 36.4 Å². The third-order valence-corrected chi connectivity index (χ3v) is 7.90. The fourth-order valence-corrected chi connectivity index (χ4v) is 5.94. The molecule has 0 saturated carbocycles.